The van der Waals surface area contributed by atoms with E-state index in [1.807, 2.05) is 28.5 Å². The van der Waals surface area contributed by atoms with Gasteiger partial charge in [-0.3, -0.25) is 4.79 Å². The number of nitrogens with zero attached hydrogens (tertiary/aromatic N) is 2. The van der Waals surface area contributed by atoms with E-state index in [0.717, 1.165) is 10.6 Å². The zero-order chi connectivity index (χ0) is 13.1. The molecule has 0 bridgehead atoms. The molecular weight excluding hydrogens is 264 g/mol. The molecule has 0 unspecified atom stereocenters. The molecule has 0 aromatic carbocycles. The van der Waals surface area contributed by atoms with Crippen molar-refractivity contribution in [3.8, 4) is 10.6 Å². The Balaban J connectivity index is 1.65. The number of carbonyl (C=O) groups excluding carboxylic acids is 1. The van der Waals surface area contributed by atoms with Crippen LogP contribution in [0.15, 0.2) is 28.1 Å². The zero-order valence-corrected chi connectivity index (χ0v) is 11.2. The van der Waals surface area contributed by atoms with Gasteiger partial charge in [-0.1, -0.05) is 11.2 Å². The summed E-state index contributed by atoms with van der Waals surface area (Å²) in [6.07, 6.45) is 0.287. The van der Waals surface area contributed by atoms with Gasteiger partial charge in [-0.05, 0) is 11.4 Å². The molecule has 0 radical (unpaired) electrons. The average Bonchev–Trinajstić information content (AvgIpc) is 3.10. The second kappa shape index (κ2) is 5.54. The summed E-state index contributed by atoms with van der Waals surface area (Å²) in [4.78, 5) is 14.9. The van der Waals surface area contributed by atoms with Crippen molar-refractivity contribution in [1.82, 2.24) is 10.1 Å². The maximum absolute atomic E-state index is 12.1. The molecule has 3 heterocycles. The number of carbonyl (C=O) groups is 1. The minimum Gasteiger partial charge on any atom is -0.378 e. The van der Waals surface area contributed by atoms with E-state index in [0.29, 0.717) is 32.0 Å². The lowest BCUT2D eigenvalue weighted by Gasteiger charge is -2.26. The molecule has 2 aromatic rings. The first-order chi connectivity index (χ1) is 9.33. The van der Waals surface area contributed by atoms with Crippen LogP contribution in [0.4, 0.5) is 0 Å². The first-order valence-corrected chi connectivity index (χ1v) is 7.06. The normalized spacial score (nSPS) is 15.7. The van der Waals surface area contributed by atoms with Gasteiger partial charge >= 0.3 is 0 Å². The van der Waals surface area contributed by atoms with E-state index < -0.39 is 0 Å². The van der Waals surface area contributed by atoms with E-state index in [2.05, 4.69) is 5.16 Å². The quantitative estimate of drug-likeness (QED) is 0.859. The van der Waals surface area contributed by atoms with Crippen LogP contribution < -0.4 is 0 Å². The SMILES string of the molecule is O=C(Cc1cc(-c2cccs2)on1)N1CCOCC1. The second-order valence-electron chi connectivity index (χ2n) is 4.33. The molecule has 2 aromatic heterocycles. The molecule has 19 heavy (non-hydrogen) atoms. The topological polar surface area (TPSA) is 55.6 Å². The molecule has 1 aliphatic rings. The Bertz CT molecular complexity index is 544. The molecule has 0 spiro atoms. The van der Waals surface area contributed by atoms with E-state index in [9.17, 15) is 4.79 Å². The summed E-state index contributed by atoms with van der Waals surface area (Å²) in [6.45, 7) is 2.55. The van der Waals surface area contributed by atoms with Crippen LogP contribution in [0.5, 0.6) is 0 Å². The Morgan fingerprint density at radius 3 is 3.00 bits per heavy atom. The van der Waals surface area contributed by atoms with Crippen molar-refractivity contribution in [2.45, 2.75) is 6.42 Å². The van der Waals surface area contributed by atoms with E-state index in [-0.39, 0.29) is 12.3 Å². The maximum Gasteiger partial charge on any atom is 0.228 e. The highest BCUT2D eigenvalue weighted by molar-refractivity contribution is 7.13. The highest BCUT2D eigenvalue weighted by atomic mass is 32.1. The molecule has 1 saturated heterocycles. The zero-order valence-electron chi connectivity index (χ0n) is 10.4. The summed E-state index contributed by atoms with van der Waals surface area (Å²) < 4.78 is 10.5. The van der Waals surface area contributed by atoms with Gasteiger partial charge in [0.25, 0.3) is 0 Å². The fourth-order valence-electron chi connectivity index (χ4n) is 2.01. The summed E-state index contributed by atoms with van der Waals surface area (Å²) in [5.74, 6) is 0.800. The van der Waals surface area contributed by atoms with Crippen molar-refractivity contribution in [3.05, 3.63) is 29.3 Å². The van der Waals surface area contributed by atoms with Gasteiger partial charge in [0.15, 0.2) is 5.76 Å². The molecule has 1 amide bonds. The molecular formula is C13H14N2O3S. The number of amides is 1. The largest absolute Gasteiger partial charge is 0.378 e. The highest BCUT2D eigenvalue weighted by Crippen LogP contribution is 2.25. The fourth-order valence-corrected chi connectivity index (χ4v) is 2.68. The Morgan fingerprint density at radius 1 is 1.42 bits per heavy atom. The van der Waals surface area contributed by atoms with Crippen molar-refractivity contribution in [2.75, 3.05) is 26.3 Å². The number of ether oxygens (including phenoxy) is 1. The number of aromatic nitrogens is 1. The smallest absolute Gasteiger partial charge is 0.228 e. The van der Waals surface area contributed by atoms with Gasteiger partial charge in [0.1, 0.15) is 0 Å². The fraction of sp³-hybridized carbons (Fsp3) is 0.385. The van der Waals surface area contributed by atoms with Gasteiger partial charge in [0.2, 0.25) is 5.91 Å². The highest BCUT2D eigenvalue weighted by Gasteiger charge is 2.19. The van der Waals surface area contributed by atoms with Crippen molar-refractivity contribution in [2.24, 2.45) is 0 Å². The summed E-state index contributed by atoms with van der Waals surface area (Å²) >= 11 is 1.59. The summed E-state index contributed by atoms with van der Waals surface area (Å²) in [7, 11) is 0. The van der Waals surface area contributed by atoms with E-state index >= 15 is 0 Å². The Hall–Kier alpha value is -1.66. The molecule has 5 nitrogen and oxygen atoms in total. The first-order valence-electron chi connectivity index (χ1n) is 6.18. The molecule has 6 heteroatoms. The molecule has 0 atom stereocenters. The second-order valence-corrected chi connectivity index (χ2v) is 5.28. The Labute approximate surface area is 114 Å². The van der Waals surface area contributed by atoms with Crippen molar-refractivity contribution < 1.29 is 14.1 Å². The Kier molecular flexibility index (Phi) is 3.61. The number of morpholine rings is 1. The van der Waals surface area contributed by atoms with Crippen LogP contribution in [-0.4, -0.2) is 42.3 Å². The molecule has 1 fully saturated rings. The summed E-state index contributed by atoms with van der Waals surface area (Å²) in [5.41, 5.74) is 0.680. The van der Waals surface area contributed by atoms with E-state index in [4.69, 9.17) is 9.26 Å². The standard InChI is InChI=1S/C13H14N2O3S/c16-13(15-3-5-17-6-4-15)9-10-8-11(18-14-10)12-2-1-7-19-12/h1-2,7-8H,3-6,9H2. The average molecular weight is 278 g/mol. The lowest BCUT2D eigenvalue weighted by atomic mass is 10.2. The lowest BCUT2D eigenvalue weighted by molar-refractivity contribution is -0.134. The van der Waals surface area contributed by atoms with Crippen LogP contribution in [0.25, 0.3) is 10.6 Å². The third-order valence-electron chi connectivity index (χ3n) is 3.02. The first kappa shape index (κ1) is 12.4. The third-order valence-corrected chi connectivity index (χ3v) is 3.90. The predicted octanol–water partition coefficient (Wildman–Crippen LogP) is 1.80. The molecule has 100 valence electrons. The number of thiophene rings is 1. The number of rotatable bonds is 3. The molecule has 3 rings (SSSR count). The van der Waals surface area contributed by atoms with Crippen LogP contribution in [0, 0.1) is 0 Å². The molecule has 0 aliphatic carbocycles. The van der Waals surface area contributed by atoms with Gasteiger partial charge in [-0.2, -0.15) is 0 Å². The van der Waals surface area contributed by atoms with Crippen LogP contribution in [0.2, 0.25) is 0 Å². The minimum absolute atomic E-state index is 0.0781. The molecule has 0 saturated carbocycles. The van der Waals surface area contributed by atoms with Crippen molar-refractivity contribution >= 4 is 17.2 Å². The van der Waals surface area contributed by atoms with Crippen LogP contribution in [0.1, 0.15) is 5.69 Å². The summed E-state index contributed by atoms with van der Waals surface area (Å²) in [6, 6.07) is 5.77. The minimum atomic E-state index is 0.0781. The Morgan fingerprint density at radius 2 is 2.26 bits per heavy atom. The molecule has 1 aliphatic heterocycles. The van der Waals surface area contributed by atoms with Crippen LogP contribution >= 0.6 is 11.3 Å². The van der Waals surface area contributed by atoms with Gasteiger partial charge < -0.3 is 14.2 Å². The summed E-state index contributed by atoms with van der Waals surface area (Å²) in [5, 5.41) is 5.94. The third kappa shape index (κ3) is 2.85. The van der Waals surface area contributed by atoms with Gasteiger partial charge in [-0.25, -0.2) is 0 Å². The lowest BCUT2D eigenvalue weighted by Crippen LogP contribution is -2.41. The van der Waals surface area contributed by atoms with Crippen molar-refractivity contribution in [3.63, 3.8) is 0 Å². The maximum atomic E-state index is 12.1. The van der Waals surface area contributed by atoms with Gasteiger partial charge in [-0.15, -0.1) is 11.3 Å². The number of hydrogen-bond donors (Lipinski definition) is 0. The van der Waals surface area contributed by atoms with Gasteiger partial charge in [0, 0.05) is 19.2 Å². The monoisotopic (exact) mass is 278 g/mol. The van der Waals surface area contributed by atoms with Crippen LogP contribution in [0.3, 0.4) is 0 Å². The number of hydrogen-bond acceptors (Lipinski definition) is 5. The van der Waals surface area contributed by atoms with E-state index in [1.54, 1.807) is 11.3 Å². The predicted molar refractivity (Wildman–Crippen MR) is 70.9 cm³/mol. The van der Waals surface area contributed by atoms with Gasteiger partial charge in [0.05, 0.1) is 30.2 Å². The van der Waals surface area contributed by atoms with Crippen LogP contribution in [-0.2, 0) is 16.0 Å². The molecule has 0 N–H and O–H groups in total. The van der Waals surface area contributed by atoms with Crippen molar-refractivity contribution in [1.29, 1.82) is 0 Å². The van der Waals surface area contributed by atoms with E-state index in [1.165, 1.54) is 0 Å².